The summed E-state index contributed by atoms with van der Waals surface area (Å²) >= 11 is 0. The number of hydrogen-bond donors (Lipinski definition) is 0. The van der Waals surface area contributed by atoms with Crippen LogP contribution in [0.2, 0.25) is 0 Å². The van der Waals surface area contributed by atoms with Gasteiger partial charge in [0.15, 0.2) is 0 Å². The monoisotopic (exact) mass is 1140 g/mol. The summed E-state index contributed by atoms with van der Waals surface area (Å²) in [4.78, 5) is 68.1. The van der Waals surface area contributed by atoms with Gasteiger partial charge in [-0.1, -0.05) is 127 Å². The predicted molar refractivity (Wildman–Crippen MR) is 330 cm³/mol. The van der Waals surface area contributed by atoms with Crippen molar-refractivity contribution in [2.24, 2.45) is 5.92 Å². The largest absolute Gasteiger partial charge is 0.457 e. The van der Waals surface area contributed by atoms with Gasteiger partial charge in [-0.25, -0.2) is 28.8 Å². The van der Waals surface area contributed by atoms with Crippen LogP contribution in [-0.2, 0) is 68.4 Å². The Hall–Kier alpha value is -6.30. The highest BCUT2D eigenvalue weighted by Gasteiger charge is 2.41. The summed E-state index contributed by atoms with van der Waals surface area (Å²) in [7, 11) is 0. The highest BCUT2D eigenvalue weighted by Crippen LogP contribution is 2.42. The number of esters is 6. The molecule has 0 N–H and O–H groups in total. The molecule has 4 fully saturated rings. The van der Waals surface area contributed by atoms with Gasteiger partial charge in [0.1, 0.15) is 33.6 Å². The second-order valence-corrected chi connectivity index (χ2v) is 24.8. The first-order valence-electron chi connectivity index (χ1n) is 29.4. The van der Waals surface area contributed by atoms with Crippen LogP contribution in [0.25, 0.3) is 0 Å². The minimum absolute atomic E-state index is 0.171. The molecule has 0 unspecified atom stereocenters. The summed E-state index contributed by atoms with van der Waals surface area (Å²) < 4.78 is 32.5. The zero-order valence-electron chi connectivity index (χ0n) is 53.2. The Bertz CT molecular complexity index is 2460. The van der Waals surface area contributed by atoms with E-state index < -0.39 is 16.8 Å². The Labute approximate surface area is 494 Å². The van der Waals surface area contributed by atoms with E-state index in [2.05, 4.69) is 72.4 Å². The molecule has 12 heteroatoms. The molecule has 456 valence electrons. The van der Waals surface area contributed by atoms with Crippen LogP contribution in [0.4, 0.5) is 0 Å². The van der Waals surface area contributed by atoms with Crippen LogP contribution < -0.4 is 0 Å². The lowest BCUT2D eigenvalue weighted by Gasteiger charge is -2.37. The molecule has 0 spiro atoms. The maximum atomic E-state index is 11.9. The van der Waals surface area contributed by atoms with Crippen molar-refractivity contribution in [3.63, 3.8) is 0 Å². The average Bonchev–Trinajstić information content (AvgIpc) is 4.20. The third kappa shape index (κ3) is 26.3. The van der Waals surface area contributed by atoms with Gasteiger partial charge in [0.2, 0.25) is 0 Å². The number of rotatable bonds is 15. The van der Waals surface area contributed by atoms with Crippen LogP contribution in [0.15, 0.2) is 134 Å². The highest BCUT2D eigenvalue weighted by molar-refractivity contribution is 5.89. The lowest BCUT2D eigenvalue weighted by Crippen LogP contribution is -2.37. The van der Waals surface area contributed by atoms with Crippen molar-refractivity contribution in [3.05, 3.63) is 145 Å². The molecule has 4 aliphatic rings. The van der Waals surface area contributed by atoms with Crippen molar-refractivity contribution < 1.29 is 57.2 Å². The molecule has 0 aromatic heterocycles. The molecule has 12 nitrogen and oxygen atoms in total. The first-order valence-corrected chi connectivity index (χ1v) is 29.4. The standard InChI is InChI=1S/C16H20O2.C13H16O2.C12H20O2.C11H18O2.C10H16O2.C8H14O2/c1-13(2)15(17)18-16(11-7-4-8-12-16)14-9-5-3-6-10-14;1-10(2)12(14)15-13(3,4)11-8-6-5-7-9-11;1-9(2)11(13)14-12(10(3)4)7-5-6-8-12;1-4-11(7-5-6-8-11)13-10(12)9(2)3;1-8(2)9(11)12-10(3)6-4-5-7-10;1-6(2)7(9)10-8(3,4)5/h3,5-6,9-10H,1,4,7-8,11-12H2,2H3;5-9H,1H2,2-4H3;10H,1,5-8H2,2-4H3;2,4-8H2,1,3H3;1,4-7H2,2-3H3;1H2,2-5H3. The summed E-state index contributed by atoms with van der Waals surface area (Å²) in [5, 5.41) is 0. The van der Waals surface area contributed by atoms with E-state index in [0.29, 0.717) is 39.4 Å². The quantitative estimate of drug-likeness (QED) is 0.0946. The molecular weight excluding hydrogens is 1030 g/mol. The zero-order chi connectivity index (χ0) is 62.7. The Morgan fingerprint density at radius 1 is 0.451 bits per heavy atom. The second-order valence-electron chi connectivity index (χ2n) is 24.8. The topological polar surface area (TPSA) is 158 Å². The van der Waals surface area contributed by atoms with Gasteiger partial charge in [0.25, 0.3) is 0 Å². The fourth-order valence-electron chi connectivity index (χ4n) is 9.57. The van der Waals surface area contributed by atoms with E-state index in [1.807, 2.05) is 90.1 Å². The molecule has 0 saturated heterocycles. The van der Waals surface area contributed by atoms with Crippen LogP contribution in [0.3, 0.4) is 0 Å². The minimum atomic E-state index is -0.614. The van der Waals surface area contributed by atoms with Gasteiger partial charge in [0.05, 0.1) is 0 Å². The van der Waals surface area contributed by atoms with Gasteiger partial charge in [-0.2, -0.15) is 0 Å². The third-order valence-electron chi connectivity index (χ3n) is 14.8. The maximum absolute atomic E-state index is 11.9. The molecule has 0 amide bonds. The van der Waals surface area contributed by atoms with Gasteiger partial charge >= 0.3 is 35.8 Å². The van der Waals surface area contributed by atoms with Gasteiger partial charge < -0.3 is 28.4 Å². The van der Waals surface area contributed by atoms with Gasteiger partial charge in [0, 0.05) is 33.4 Å². The van der Waals surface area contributed by atoms with E-state index in [9.17, 15) is 28.8 Å². The van der Waals surface area contributed by atoms with Crippen LogP contribution >= 0.6 is 0 Å². The minimum Gasteiger partial charge on any atom is -0.457 e. The Morgan fingerprint density at radius 2 is 0.805 bits per heavy atom. The van der Waals surface area contributed by atoms with E-state index in [-0.39, 0.29) is 52.6 Å². The summed E-state index contributed by atoms with van der Waals surface area (Å²) in [5.74, 6) is -1.28. The Balaban J connectivity index is 0.000000497. The molecule has 4 aliphatic carbocycles. The van der Waals surface area contributed by atoms with E-state index >= 15 is 0 Å². The molecule has 0 aliphatic heterocycles. The lowest BCUT2D eigenvalue weighted by atomic mass is 9.79. The van der Waals surface area contributed by atoms with Gasteiger partial charge in [-0.05, 0) is 209 Å². The van der Waals surface area contributed by atoms with Crippen LogP contribution in [-0.4, -0.2) is 58.2 Å². The second kappa shape index (κ2) is 34.3. The van der Waals surface area contributed by atoms with Crippen molar-refractivity contribution in [2.75, 3.05) is 0 Å². The molecule has 2 aromatic rings. The van der Waals surface area contributed by atoms with Crippen LogP contribution in [0.1, 0.15) is 231 Å². The summed E-state index contributed by atoms with van der Waals surface area (Å²) in [6.45, 7) is 49.0. The van der Waals surface area contributed by atoms with Crippen LogP contribution in [0.5, 0.6) is 0 Å². The van der Waals surface area contributed by atoms with E-state index in [4.69, 9.17) is 28.4 Å². The molecule has 0 atom stereocenters. The van der Waals surface area contributed by atoms with Crippen molar-refractivity contribution in [2.45, 2.75) is 253 Å². The Morgan fingerprint density at radius 3 is 1.20 bits per heavy atom. The van der Waals surface area contributed by atoms with Crippen molar-refractivity contribution in [1.29, 1.82) is 0 Å². The lowest BCUT2D eigenvalue weighted by molar-refractivity contribution is -0.160. The fourth-order valence-corrected chi connectivity index (χ4v) is 9.57. The summed E-state index contributed by atoms with van der Waals surface area (Å²) in [6.07, 6.45) is 19.2. The number of benzene rings is 2. The van der Waals surface area contributed by atoms with E-state index in [1.54, 1.807) is 41.5 Å². The number of ether oxygens (including phenoxy) is 6. The molecular formula is C70H104O12. The molecule has 0 bridgehead atoms. The molecule has 6 rings (SSSR count). The normalized spacial score (nSPS) is 16.8. The Kier molecular flexibility index (Phi) is 30.9. The number of carbonyl (C=O) groups excluding carboxylic acids is 6. The zero-order valence-corrected chi connectivity index (χ0v) is 53.2. The molecule has 2 aromatic carbocycles. The first kappa shape index (κ1) is 73.7. The summed E-state index contributed by atoms with van der Waals surface area (Å²) in [5.41, 5.74) is 2.84. The SMILES string of the molecule is C=C(C)C(=O)OC(C)(C)C.C=C(C)C(=O)OC(C)(C)c1ccccc1.C=C(C)C(=O)OC1(C(C)C)CCCC1.C=C(C)C(=O)OC1(C)CCCC1.C=C(C)C(=O)OC1(CC)CCCC1.C=C(C)C(=O)OC1(c2ccccc2)CCCCC1. The smallest absolute Gasteiger partial charge is 0.333 e. The number of carbonyl (C=O) groups is 6. The molecule has 0 radical (unpaired) electrons. The van der Waals surface area contributed by atoms with Gasteiger partial charge in [-0.3, -0.25) is 0 Å². The van der Waals surface area contributed by atoms with Crippen molar-refractivity contribution >= 4 is 35.8 Å². The van der Waals surface area contributed by atoms with Crippen molar-refractivity contribution in [3.8, 4) is 0 Å². The van der Waals surface area contributed by atoms with E-state index in [1.165, 1.54) is 44.9 Å². The number of hydrogen-bond acceptors (Lipinski definition) is 12. The molecule has 0 heterocycles. The summed E-state index contributed by atoms with van der Waals surface area (Å²) in [6, 6.07) is 19.7. The van der Waals surface area contributed by atoms with E-state index in [0.717, 1.165) is 81.8 Å². The first-order chi connectivity index (χ1) is 38.0. The van der Waals surface area contributed by atoms with Crippen molar-refractivity contribution in [1.82, 2.24) is 0 Å². The fraction of sp³-hybridized carbons (Fsp3) is 0.571. The molecule has 4 saturated carbocycles. The molecule has 82 heavy (non-hydrogen) atoms. The van der Waals surface area contributed by atoms with Crippen LogP contribution in [0, 0.1) is 5.92 Å². The highest BCUT2D eigenvalue weighted by atomic mass is 16.6. The predicted octanol–water partition coefficient (Wildman–Crippen LogP) is 17.3. The maximum Gasteiger partial charge on any atom is 0.333 e. The average molecular weight is 1140 g/mol. The third-order valence-corrected chi connectivity index (χ3v) is 14.8. The van der Waals surface area contributed by atoms with Gasteiger partial charge in [-0.15, -0.1) is 0 Å².